The molecule has 0 unspecified atom stereocenters. The Kier molecular flexibility index (Phi) is 6.88. The molecule has 1 heterocycles. The van der Waals surface area contributed by atoms with Crippen molar-refractivity contribution in [3.05, 3.63) is 30.0 Å². The van der Waals surface area contributed by atoms with E-state index in [9.17, 15) is 14.7 Å². The van der Waals surface area contributed by atoms with Crippen molar-refractivity contribution >= 4 is 22.7 Å². The van der Waals surface area contributed by atoms with E-state index in [4.69, 9.17) is 4.74 Å². The van der Waals surface area contributed by atoms with Crippen molar-refractivity contribution in [2.24, 2.45) is 5.41 Å². The van der Waals surface area contributed by atoms with Crippen LogP contribution < -0.4 is 4.74 Å². The molecule has 0 aliphatic carbocycles. The van der Waals surface area contributed by atoms with Gasteiger partial charge in [-0.1, -0.05) is 32.9 Å². The summed E-state index contributed by atoms with van der Waals surface area (Å²) in [6, 6.07) is 5.53. The maximum atomic E-state index is 13.0. The molecule has 1 amide bonds. The molecule has 0 bridgehead atoms. The van der Waals surface area contributed by atoms with Crippen LogP contribution in [-0.4, -0.2) is 52.2 Å². The summed E-state index contributed by atoms with van der Waals surface area (Å²) in [5.74, 6) is 0.333. The van der Waals surface area contributed by atoms with E-state index in [0.717, 1.165) is 10.9 Å². The molecule has 1 atom stereocenters. The van der Waals surface area contributed by atoms with Crippen molar-refractivity contribution < 1.29 is 19.4 Å². The molecule has 6 nitrogen and oxygen atoms in total. The molecule has 0 aliphatic rings. The number of rotatable bonds is 7. The smallest absolute Gasteiger partial charge is 0.260 e. The summed E-state index contributed by atoms with van der Waals surface area (Å²) in [4.78, 5) is 27.1. The number of benzene rings is 1. The summed E-state index contributed by atoms with van der Waals surface area (Å²) in [5.41, 5.74) is 0.937. The number of para-hydroxylation sites is 1. The minimum atomic E-state index is -0.585. The van der Waals surface area contributed by atoms with Gasteiger partial charge in [-0.25, -0.2) is 0 Å². The van der Waals surface area contributed by atoms with Crippen molar-refractivity contribution in [2.75, 3.05) is 19.7 Å². The molecule has 154 valence electrons. The first-order valence-electron chi connectivity index (χ1n) is 9.86. The molecule has 1 N–H and O–H groups in total. The van der Waals surface area contributed by atoms with Crippen molar-refractivity contribution in [1.29, 1.82) is 0 Å². The largest absolute Gasteiger partial charge is 0.482 e. The fraction of sp³-hybridized carbons (Fsp3) is 0.545. The van der Waals surface area contributed by atoms with Gasteiger partial charge in [-0.3, -0.25) is 14.2 Å². The zero-order valence-corrected chi connectivity index (χ0v) is 17.8. The Labute approximate surface area is 167 Å². The fourth-order valence-corrected chi connectivity index (χ4v) is 3.25. The highest BCUT2D eigenvalue weighted by Gasteiger charge is 2.27. The molecule has 1 aromatic heterocycles. The van der Waals surface area contributed by atoms with Gasteiger partial charge in [0.05, 0.1) is 11.6 Å². The number of fused-ring (bicyclic) bond motifs is 1. The average Bonchev–Trinajstić information content (AvgIpc) is 2.98. The second kappa shape index (κ2) is 8.78. The molecule has 2 aromatic rings. The van der Waals surface area contributed by atoms with Gasteiger partial charge >= 0.3 is 0 Å². The number of amides is 1. The lowest BCUT2D eigenvalue weighted by atomic mass is 9.95. The molecular weight excluding hydrogens is 356 g/mol. The molecular formula is C22H32N2O4. The number of carbonyl (C=O) groups is 2. The normalized spacial score (nSPS) is 12.8. The van der Waals surface area contributed by atoms with Gasteiger partial charge < -0.3 is 14.7 Å². The number of aliphatic hydroxyl groups excluding tert-OH is 1. The number of ether oxygens (including phenoxy) is 1. The van der Waals surface area contributed by atoms with Gasteiger partial charge in [-0.2, -0.15) is 0 Å². The molecule has 0 spiro atoms. The van der Waals surface area contributed by atoms with Gasteiger partial charge in [0.25, 0.3) is 5.91 Å². The summed E-state index contributed by atoms with van der Waals surface area (Å²) in [5, 5.41) is 10.7. The molecule has 0 saturated heterocycles. The first-order chi connectivity index (χ1) is 13.1. The van der Waals surface area contributed by atoms with Crippen LogP contribution in [-0.2, 0) is 11.2 Å². The molecule has 0 saturated carbocycles. The molecule has 0 radical (unpaired) electrons. The average molecular weight is 389 g/mol. The third kappa shape index (κ3) is 4.73. The van der Waals surface area contributed by atoms with E-state index in [1.54, 1.807) is 28.7 Å². The van der Waals surface area contributed by atoms with Gasteiger partial charge in [0.15, 0.2) is 6.61 Å². The van der Waals surface area contributed by atoms with Crippen LogP contribution >= 0.6 is 0 Å². The van der Waals surface area contributed by atoms with Crippen LogP contribution in [0.3, 0.4) is 0 Å². The highest BCUT2D eigenvalue weighted by Crippen LogP contribution is 2.33. The number of aromatic nitrogens is 1. The van der Waals surface area contributed by atoms with Gasteiger partial charge in [0.2, 0.25) is 5.91 Å². The molecule has 6 heteroatoms. The predicted molar refractivity (Wildman–Crippen MR) is 111 cm³/mol. The van der Waals surface area contributed by atoms with Crippen LogP contribution in [0.5, 0.6) is 5.75 Å². The van der Waals surface area contributed by atoms with Crippen LogP contribution in [0.25, 0.3) is 10.9 Å². The minimum absolute atomic E-state index is 0.0690. The third-order valence-corrected chi connectivity index (χ3v) is 4.71. The third-order valence-electron chi connectivity index (χ3n) is 4.71. The van der Waals surface area contributed by atoms with Crippen molar-refractivity contribution in [3.63, 3.8) is 0 Å². The SMILES string of the molecule is CCN(CC)C(=O)COc1cccc2c(C[C@@H](C)O)cn(C(=O)C(C)(C)C)c12. The molecule has 2 rings (SSSR count). The number of hydrogen-bond donors (Lipinski definition) is 1. The second-order valence-electron chi connectivity index (χ2n) is 8.14. The maximum absolute atomic E-state index is 13.0. The number of hydrogen-bond acceptors (Lipinski definition) is 4. The second-order valence-corrected chi connectivity index (χ2v) is 8.14. The minimum Gasteiger partial charge on any atom is -0.482 e. The van der Waals surface area contributed by atoms with Crippen molar-refractivity contribution in [3.8, 4) is 5.75 Å². The lowest BCUT2D eigenvalue weighted by Gasteiger charge is -2.20. The van der Waals surface area contributed by atoms with Crippen LogP contribution in [0.15, 0.2) is 24.4 Å². The predicted octanol–water partition coefficient (Wildman–Crippen LogP) is 3.50. The van der Waals surface area contributed by atoms with Crippen LogP contribution in [0.2, 0.25) is 0 Å². The van der Waals surface area contributed by atoms with E-state index in [0.29, 0.717) is 30.8 Å². The molecule has 0 fully saturated rings. The highest BCUT2D eigenvalue weighted by atomic mass is 16.5. The Balaban J connectivity index is 2.50. The van der Waals surface area contributed by atoms with Crippen LogP contribution in [0.1, 0.15) is 51.9 Å². The zero-order valence-electron chi connectivity index (χ0n) is 17.8. The fourth-order valence-electron chi connectivity index (χ4n) is 3.25. The summed E-state index contributed by atoms with van der Waals surface area (Å²) in [7, 11) is 0. The number of likely N-dealkylation sites (N-methyl/N-ethyl adjacent to an activating group) is 1. The quantitative estimate of drug-likeness (QED) is 0.788. The molecule has 28 heavy (non-hydrogen) atoms. The summed E-state index contributed by atoms with van der Waals surface area (Å²) in [6.45, 7) is 12.3. The summed E-state index contributed by atoms with van der Waals surface area (Å²) < 4.78 is 7.46. The van der Waals surface area contributed by atoms with E-state index in [2.05, 4.69) is 0 Å². The maximum Gasteiger partial charge on any atom is 0.260 e. The van der Waals surface area contributed by atoms with E-state index in [1.165, 1.54) is 0 Å². The Morgan fingerprint density at radius 1 is 1.21 bits per heavy atom. The van der Waals surface area contributed by atoms with Gasteiger partial charge in [-0.05, 0) is 32.4 Å². The number of nitrogens with zero attached hydrogens (tertiary/aromatic N) is 2. The van der Waals surface area contributed by atoms with Crippen LogP contribution in [0, 0.1) is 5.41 Å². The molecule has 1 aromatic carbocycles. The van der Waals surface area contributed by atoms with Gasteiger partial charge in [0.1, 0.15) is 5.75 Å². The van der Waals surface area contributed by atoms with Gasteiger partial charge in [0, 0.05) is 36.5 Å². The Morgan fingerprint density at radius 2 is 1.86 bits per heavy atom. The van der Waals surface area contributed by atoms with Crippen molar-refractivity contribution in [1.82, 2.24) is 9.47 Å². The highest BCUT2D eigenvalue weighted by molar-refractivity contribution is 5.99. The van der Waals surface area contributed by atoms with E-state index < -0.39 is 11.5 Å². The standard InChI is InChI=1S/C22H32N2O4/c1-7-23(8-2)19(26)14-28-18-11-9-10-17-16(12-15(3)25)13-24(20(17)18)21(27)22(4,5)6/h9-11,13,15,25H,7-8,12,14H2,1-6H3/t15-/m1/s1. The van der Waals surface area contributed by atoms with Crippen LogP contribution in [0.4, 0.5) is 0 Å². The summed E-state index contributed by atoms with van der Waals surface area (Å²) in [6.07, 6.45) is 1.69. The first kappa shape index (κ1) is 22.0. The number of aliphatic hydroxyl groups is 1. The topological polar surface area (TPSA) is 71.8 Å². The summed E-state index contributed by atoms with van der Waals surface area (Å²) >= 11 is 0. The first-order valence-corrected chi connectivity index (χ1v) is 9.86. The van der Waals surface area contributed by atoms with Gasteiger partial charge in [-0.15, -0.1) is 0 Å². The lowest BCUT2D eigenvalue weighted by Crippen LogP contribution is -2.34. The van der Waals surface area contributed by atoms with Crippen molar-refractivity contribution in [2.45, 2.75) is 54.1 Å². The van der Waals surface area contributed by atoms with E-state index in [-0.39, 0.29) is 18.4 Å². The Hall–Kier alpha value is -2.34. The Bertz CT molecular complexity index is 842. The van der Waals surface area contributed by atoms with E-state index >= 15 is 0 Å². The Morgan fingerprint density at radius 3 is 2.39 bits per heavy atom. The zero-order chi connectivity index (χ0) is 21.1. The molecule has 0 aliphatic heterocycles. The van der Waals surface area contributed by atoms with E-state index in [1.807, 2.05) is 46.8 Å². The number of carbonyl (C=O) groups excluding carboxylic acids is 2. The monoisotopic (exact) mass is 388 g/mol. The lowest BCUT2D eigenvalue weighted by molar-refractivity contribution is -0.132.